The normalized spacial score (nSPS) is 21.9. The molecule has 114 valence electrons. The highest BCUT2D eigenvalue weighted by Crippen LogP contribution is 2.26. The SMILES string of the molecule is CCNC(=O)C1COCCN1C(=O)C(C)(CC)C(N)=S. The highest BCUT2D eigenvalue weighted by Gasteiger charge is 2.43. The molecule has 0 aromatic heterocycles. The summed E-state index contributed by atoms with van der Waals surface area (Å²) in [6.07, 6.45) is 0.501. The molecule has 1 saturated heterocycles. The van der Waals surface area contributed by atoms with Crippen molar-refractivity contribution in [3.63, 3.8) is 0 Å². The van der Waals surface area contributed by atoms with Gasteiger partial charge in [-0.3, -0.25) is 9.59 Å². The number of rotatable bonds is 5. The lowest BCUT2D eigenvalue weighted by molar-refractivity contribution is -0.153. The Morgan fingerprint density at radius 2 is 2.15 bits per heavy atom. The molecule has 0 saturated carbocycles. The van der Waals surface area contributed by atoms with Crippen LogP contribution in [0.4, 0.5) is 0 Å². The molecule has 0 aliphatic carbocycles. The third kappa shape index (κ3) is 3.27. The number of thiocarbonyl (C=S) groups is 1. The standard InChI is InChI=1S/C13H23N3O3S/c1-4-13(3,11(14)20)12(18)16-6-7-19-8-9(16)10(17)15-5-2/h9H,4-8H2,1-3H3,(H2,14,20)(H,15,17). The fourth-order valence-corrected chi connectivity index (χ4v) is 2.34. The van der Waals surface area contributed by atoms with Crippen LogP contribution < -0.4 is 11.1 Å². The predicted octanol–water partition coefficient (Wildman–Crippen LogP) is 0.0523. The van der Waals surface area contributed by atoms with Crippen LogP contribution in [0.1, 0.15) is 27.2 Å². The van der Waals surface area contributed by atoms with Crippen molar-refractivity contribution >= 4 is 29.0 Å². The highest BCUT2D eigenvalue weighted by molar-refractivity contribution is 7.80. The van der Waals surface area contributed by atoms with Gasteiger partial charge in [0.25, 0.3) is 0 Å². The molecule has 1 aliphatic rings. The van der Waals surface area contributed by atoms with Gasteiger partial charge in [-0.15, -0.1) is 0 Å². The zero-order chi connectivity index (χ0) is 15.3. The van der Waals surface area contributed by atoms with E-state index in [-0.39, 0.29) is 23.4 Å². The molecule has 0 aromatic rings. The van der Waals surface area contributed by atoms with E-state index in [1.54, 1.807) is 6.92 Å². The van der Waals surface area contributed by atoms with E-state index in [9.17, 15) is 9.59 Å². The van der Waals surface area contributed by atoms with Crippen molar-refractivity contribution in [3.8, 4) is 0 Å². The number of carbonyl (C=O) groups excluding carboxylic acids is 2. The van der Waals surface area contributed by atoms with E-state index >= 15 is 0 Å². The zero-order valence-electron chi connectivity index (χ0n) is 12.3. The van der Waals surface area contributed by atoms with Crippen LogP contribution in [0, 0.1) is 5.41 Å². The topological polar surface area (TPSA) is 84.7 Å². The fourth-order valence-electron chi connectivity index (χ4n) is 2.10. The molecule has 2 amide bonds. The van der Waals surface area contributed by atoms with Crippen molar-refractivity contribution < 1.29 is 14.3 Å². The van der Waals surface area contributed by atoms with Crippen molar-refractivity contribution in [3.05, 3.63) is 0 Å². The second-order valence-corrected chi connectivity index (χ2v) is 5.47. The number of carbonyl (C=O) groups is 2. The number of likely N-dealkylation sites (N-methyl/N-ethyl adjacent to an activating group) is 1. The molecule has 3 N–H and O–H groups in total. The summed E-state index contributed by atoms with van der Waals surface area (Å²) >= 11 is 5.03. The smallest absolute Gasteiger partial charge is 0.245 e. The maximum absolute atomic E-state index is 12.7. The monoisotopic (exact) mass is 301 g/mol. The molecule has 6 nitrogen and oxygen atoms in total. The van der Waals surface area contributed by atoms with Crippen molar-refractivity contribution in [2.75, 3.05) is 26.3 Å². The highest BCUT2D eigenvalue weighted by atomic mass is 32.1. The third-order valence-electron chi connectivity index (χ3n) is 3.77. The average molecular weight is 301 g/mol. The van der Waals surface area contributed by atoms with Crippen LogP contribution in [0.5, 0.6) is 0 Å². The van der Waals surface area contributed by atoms with Gasteiger partial charge < -0.3 is 20.7 Å². The van der Waals surface area contributed by atoms with Gasteiger partial charge in [-0.1, -0.05) is 19.1 Å². The van der Waals surface area contributed by atoms with Gasteiger partial charge in [0.1, 0.15) is 6.04 Å². The number of ether oxygens (including phenoxy) is 1. The van der Waals surface area contributed by atoms with E-state index in [0.717, 1.165) is 0 Å². The van der Waals surface area contributed by atoms with Crippen LogP contribution in [0.2, 0.25) is 0 Å². The summed E-state index contributed by atoms with van der Waals surface area (Å²) in [5, 5.41) is 2.72. The number of amides is 2. The Hall–Kier alpha value is -1.21. The number of nitrogens with zero attached hydrogens (tertiary/aromatic N) is 1. The molecule has 7 heteroatoms. The Bertz CT molecular complexity index is 402. The molecular weight excluding hydrogens is 278 g/mol. The third-order valence-corrected chi connectivity index (χ3v) is 4.22. The Morgan fingerprint density at radius 1 is 1.50 bits per heavy atom. The molecular formula is C13H23N3O3S. The number of morpholine rings is 1. The summed E-state index contributed by atoms with van der Waals surface area (Å²) in [6, 6.07) is -0.614. The predicted molar refractivity (Wildman–Crippen MR) is 80.2 cm³/mol. The summed E-state index contributed by atoms with van der Waals surface area (Å²) in [4.78, 5) is 26.5. The molecule has 1 fully saturated rings. The van der Waals surface area contributed by atoms with Crippen molar-refractivity contribution in [1.82, 2.24) is 10.2 Å². The maximum Gasteiger partial charge on any atom is 0.245 e. The Labute approximate surface area is 125 Å². The summed E-state index contributed by atoms with van der Waals surface area (Å²) in [5.41, 5.74) is 4.80. The van der Waals surface area contributed by atoms with Crippen molar-refractivity contribution in [2.45, 2.75) is 33.2 Å². The van der Waals surface area contributed by atoms with Gasteiger partial charge in [0.15, 0.2) is 0 Å². The summed E-state index contributed by atoms with van der Waals surface area (Å²) in [5.74, 6) is -0.408. The van der Waals surface area contributed by atoms with Crippen molar-refractivity contribution in [1.29, 1.82) is 0 Å². The second-order valence-electron chi connectivity index (χ2n) is 5.03. The zero-order valence-corrected chi connectivity index (χ0v) is 13.1. The second kappa shape index (κ2) is 6.99. The molecule has 1 aliphatic heterocycles. The number of nitrogens with two attached hydrogens (primary N) is 1. The van der Waals surface area contributed by atoms with Gasteiger partial charge in [0.2, 0.25) is 11.8 Å². The Kier molecular flexibility index (Phi) is 5.88. The molecule has 2 unspecified atom stereocenters. The van der Waals surface area contributed by atoms with Crippen molar-refractivity contribution in [2.24, 2.45) is 11.1 Å². The minimum Gasteiger partial charge on any atom is -0.392 e. The van der Waals surface area contributed by atoms with Gasteiger partial charge >= 0.3 is 0 Å². The van der Waals surface area contributed by atoms with E-state index in [1.807, 2.05) is 13.8 Å². The first kappa shape index (κ1) is 16.8. The van der Waals surface area contributed by atoms with Gasteiger partial charge in [-0.25, -0.2) is 0 Å². The lowest BCUT2D eigenvalue weighted by Crippen LogP contribution is -2.60. The van der Waals surface area contributed by atoms with E-state index in [2.05, 4.69) is 5.32 Å². The maximum atomic E-state index is 12.7. The van der Waals surface area contributed by atoms with Crippen LogP contribution in [0.3, 0.4) is 0 Å². The van der Waals surface area contributed by atoms with Gasteiger partial charge in [-0.2, -0.15) is 0 Å². The quantitative estimate of drug-likeness (QED) is 0.701. The molecule has 1 rings (SSSR count). The molecule has 2 atom stereocenters. The van der Waals surface area contributed by atoms with Crippen LogP contribution in [-0.2, 0) is 14.3 Å². The molecule has 20 heavy (non-hydrogen) atoms. The largest absolute Gasteiger partial charge is 0.392 e. The first-order valence-electron chi connectivity index (χ1n) is 6.84. The minimum atomic E-state index is -0.919. The first-order chi connectivity index (χ1) is 9.38. The molecule has 0 spiro atoms. The molecule has 0 bridgehead atoms. The summed E-state index contributed by atoms with van der Waals surface area (Å²) < 4.78 is 5.32. The van der Waals surface area contributed by atoms with E-state index in [0.29, 0.717) is 26.1 Å². The van der Waals surface area contributed by atoms with E-state index in [4.69, 9.17) is 22.7 Å². The fraction of sp³-hybridized carbons (Fsp3) is 0.769. The molecule has 0 aromatic carbocycles. The molecule has 1 heterocycles. The Balaban J connectivity index is 2.97. The van der Waals surface area contributed by atoms with Gasteiger partial charge in [-0.05, 0) is 20.3 Å². The average Bonchev–Trinajstić information content (AvgIpc) is 2.45. The van der Waals surface area contributed by atoms with Crippen LogP contribution in [0.25, 0.3) is 0 Å². The van der Waals surface area contributed by atoms with E-state index < -0.39 is 11.5 Å². The van der Waals surface area contributed by atoms with E-state index in [1.165, 1.54) is 4.90 Å². The summed E-state index contributed by atoms with van der Waals surface area (Å²) in [6.45, 7) is 6.92. The Morgan fingerprint density at radius 3 is 2.65 bits per heavy atom. The summed E-state index contributed by atoms with van der Waals surface area (Å²) in [7, 11) is 0. The van der Waals surface area contributed by atoms with Crippen LogP contribution in [0.15, 0.2) is 0 Å². The number of nitrogens with one attached hydrogen (secondary N) is 1. The van der Waals surface area contributed by atoms with Crippen LogP contribution in [-0.4, -0.2) is 54.0 Å². The van der Waals surface area contributed by atoms with Gasteiger partial charge in [0, 0.05) is 13.1 Å². The lowest BCUT2D eigenvalue weighted by atomic mass is 9.85. The first-order valence-corrected chi connectivity index (χ1v) is 7.25. The minimum absolute atomic E-state index is 0.158. The number of hydrogen-bond acceptors (Lipinski definition) is 4. The number of hydrogen-bond donors (Lipinski definition) is 2. The lowest BCUT2D eigenvalue weighted by Gasteiger charge is -2.39. The van der Waals surface area contributed by atoms with Crippen LogP contribution >= 0.6 is 12.2 Å². The molecule has 0 radical (unpaired) electrons. The van der Waals surface area contributed by atoms with Gasteiger partial charge in [0.05, 0.1) is 23.6 Å².